The number of alkyl halides is 3. The van der Waals surface area contributed by atoms with E-state index in [1.54, 1.807) is 18.2 Å². The normalized spacial score (nSPS) is 13.3. The average molecular weight is 399 g/mol. The smallest absolute Gasteiger partial charge is 0.320 e. The summed E-state index contributed by atoms with van der Waals surface area (Å²) in [7, 11) is 0. The van der Waals surface area contributed by atoms with Gasteiger partial charge in [-0.05, 0) is 35.4 Å². The third kappa shape index (κ3) is 3.54. The predicted octanol–water partition coefficient (Wildman–Crippen LogP) is 5.82. The molecule has 21 heavy (non-hydrogen) atoms. The fourth-order valence-corrected chi connectivity index (χ4v) is 2.81. The van der Waals surface area contributed by atoms with Crippen LogP contribution in [0.15, 0.2) is 40.9 Å². The fraction of sp³-hybridized carbons (Fsp3) is 0.143. The summed E-state index contributed by atoms with van der Waals surface area (Å²) in [6.45, 7) is 0. The van der Waals surface area contributed by atoms with Gasteiger partial charge in [-0.2, -0.15) is 13.2 Å². The van der Waals surface area contributed by atoms with Crippen molar-refractivity contribution < 1.29 is 13.2 Å². The molecule has 0 spiro atoms. The Kier molecular flexibility index (Phi) is 4.88. The van der Waals surface area contributed by atoms with Gasteiger partial charge in [0.25, 0.3) is 0 Å². The van der Waals surface area contributed by atoms with Crippen LogP contribution in [-0.4, -0.2) is 0 Å². The van der Waals surface area contributed by atoms with Crippen LogP contribution in [0.25, 0.3) is 0 Å². The maximum atomic E-state index is 12.8. The fourth-order valence-electron chi connectivity index (χ4n) is 1.89. The molecule has 1 unspecified atom stereocenters. The zero-order valence-electron chi connectivity index (χ0n) is 10.4. The van der Waals surface area contributed by atoms with Crippen molar-refractivity contribution in [3.63, 3.8) is 0 Å². The average Bonchev–Trinajstić information content (AvgIpc) is 2.40. The second kappa shape index (κ2) is 6.16. The Labute approximate surface area is 138 Å². The van der Waals surface area contributed by atoms with Crippen molar-refractivity contribution >= 4 is 39.1 Å². The number of hydrogen-bond acceptors (Lipinski definition) is 1. The third-order valence-electron chi connectivity index (χ3n) is 2.97. The highest BCUT2D eigenvalue weighted by atomic mass is 79.9. The lowest BCUT2D eigenvalue weighted by Gasteiger charge is -2.18. The summed E-state index contributed by atoms with van der Waals surface area (Å²) in [6, 6.07) is 7.34. The number of nitrogens with two attached hydrogens (primary N) is 1. The number of rotatable bonds is 2. The molecule has 0 radical (unpaired) electrons. The van der Waals surface area contributed by atoms with Gasteiger partial charge in [-0.1, -0.05) is 51.3 Å². The van der Waals surface area contributed by atoms with Crippen LogP contribution in [0.3, 0.4) is 0 Å². The quantitative estimate of drug-likeness (QED) is 0.677. The molecule has 112 valence electrons. The Balaban J connectivity index is 2.53. The van der Waals surface area contributed by atoms with Gasteiger partial charge in [0.1, 0.15) is 0 Å². The molecule has 0 saturated heterocycles. The van der Waals surface area contributed by atoms with Gasteiger partial charge < -0.3 is 5.73 Å². The summed E-state index contributed by atoms with van der Waals surface area (Å²) < 4.78 is 38.9. The molecule has 2 rings (SSSR count). The lowest BCUT2D eigenvalue weighted by Crippen LogP contribution is -2.15. The Hall–Kier alpha value is -0.750. The van der Waals surface area contributed by atoms with Crippen molar-refractivity contribution in [1.82, 2.24) is 0 Å². The van der Waals surface area contributed by atoms with Crippen LogP contribution in [0, 0.1) is 0 Å². The molecule has 0 amide bonds. The van der Waals surface area contributed by atoms with Gasteiger partial charge in [0.15, 0.2) is 0 Å². The maximum absolute atomic E-state index is 12.8. The van der Waals surface area contributed by atoms with E-state index in [-0.39, 0.29) is 10.6 Å². The molecule has 2 N–H and O–H groups in total. The molecule has 2 aromatic carbocycles. The van der Waals surface area contributed by atoms with Gasteiger partial charge >= 0.3 is 6.18 Å². The monoisotopic (exact) mass is 397 g/mol. The Morgan fingerprint density at radius 2 is 1.71 bits per heavy atom. The molecule has 0 aliphatic heterocycles. The number of halogens is 6. The Bertz CT molecular complexity index is 674. The molecule has 1 atom stereocenters. The van der Waals surface area contributed by atoms with Gasteiger partial charge in [-0.3, -0.25) is 0 Å². The number of benzene rings is 2. The van der Waals surface area contributed by atoms with E-state index < -0.39 is 17.8 Å². The highest BCUT2D eigenvalue weighted by Gasteiger charge is 2.31. The van der Waals surface area contributed by atoms with Gasteiger partial charge in [-0.15, -0.1) is 0 Å². The van der Waals surface area contributed by atoms with Crippen molar-refractivity contribution in [3.8, 4) is 0 Å². The maximum Gasteiger partial charge on any atom is 0.416 e. The van der Waals surface area contributed by atoms with E-state index in [2.05, 4.69) is 15.9 Å². The largest absolute Gasteiger partial charge is 0.416 e. The van der Waals surface area contributed by atoms with E-state index in [4.69, 9.17) is 28.9 Å². The van der Waals surface area contributed by atoms with Gasteiger partial charge in [0.05, 0.1) is 21.7 Å². The molecule has 0 fully saturated rings. The van der Waals surface area contributed by atoms with Crippen LogP contribution in [0.2, 0.25) is 10.0 Å². The van der Waals surface area contributed by atoms with E-state index in [1.807, 2.05) is 0 Å². The van der Waals surface area contributed by atoms with E-state index in [9.17, 15) is 13.2 Å². The van der Waals surface area contributed by atoms with Gasteiger partial charge in [-0.25, -0.2) is 0 Å². The van der Waals surface area contributed by atoms with Crippen molar-refractivity contribution in [2.75, 3.05) is 0 Å². The molecular formula is C14H9BrCl2F3N. The van der Waals surface area contributed by atoms with E-state index in [0.29, 0.717) is 15.1 Å². The molecule has 1 nitrogen and oxygen atoms in total. The first-order valence-electron chi connectivity index (χ1n) is 5.78. The zero-order valence-corrected chi connectivity index (χ0v) is 13.5. The topological polar surface area (TPSA) is 26.0 Å². The minimum absolute atomic E-state index is 0.232. The van der Waals surface area contributed by atoms with E-state index in [1.165, 1.54) is 6.07 Å². The van der Waals surface area contributed by atoms with Crippen LogP contribution in [0.1, 0.15) is 22.7 Å². The van der Waals surface area contributed by atoms with Crippen molar-refractivity contribution in [3.05, 3.63) is 67.6 Å². The summed E-state index contributed by atoms with van der Waals surface area (Å²) in [5.41, 5.74) is 6.04. The lowest BCUT2D eigenvalue weighted by molar-refractivity contribution is -0.137. The van der Waals surface area contributed by atoms with Crippen molar-refractivity contribution in [2.45, 2.75) is 12.2 Å². The standard InChI is InChI=1S/C14H9BrCl2F3N/c15-10-5-4-7(14(18,19)20)6-9(10)13(21)8-2-1-3-11(16)12(8)17/h1-6,13H,21H2. The molecule has 0 heterocycles. The van der Waals surface area contributed by atoms with Gasteiger partial charge in [0, 0.05) is 4.47 Å². The first kappa shape index (κ1) is 16.6. The number of hydrogen-bond donors (Lipinski definition) is 1. The lowest BCUT2D eigenvalue weighted by atomic mass is 9.97. The minimum atomic E-state index is -4.44. The third-order valence-corrected chi connectivity index (χ3v) is 4.53. The molecule has 7 heteroatoms. The van der Waals surface area contributed by atoms with Crippen LogP contribution < -0.4 is 5.73 Å². The predicted molar refractivity (Wildman–Crippen MR) is 81.6 cm³/mol. The van der Waals surface area contributed by atoms with Crippen molar-refractivity contribution in [1.29, 1.82) is 0 Å². The second-order valence-electron chi connectivity index (χ2n) is 4.35. The SMILES string of the molecule is NC(c1cc(C(F)(F)F)ccc1Br)c1cccc(Cl)c1Cl. The zero-order chi connectivity index (χ0) is 15.8. The van der Waals surface area contributed by atoms with Crippen molar-refractivity contribution in [2.24, 2.45) is 5.73 Å². The summed E-state index contributed by atoms with van der Waals surface area (Å²) >= 11 is 15.2. The van der Waals surface area contributed by atoms with Crippen LogP contribution in [0.4, 0.5) is 13.2 Å². The molecule has 0 saturated carbocycles. The Morgan fingerprint density at radius 1 is 1.05 bits per heavy atom. The summed E-state index contributed by atoms with van der Waals surface area (Å²) in [4.78, 5) is 0. The minimum Gasteiger partial charge on any atom is -0.320 e. The first-order chi connectivity index (χ1) is 9.71. The summed E-state index contributed by atoms with van der Waals surface area (Å²) in [5.74, 6) is 0. The highest BCUT2D eigenvalue weighted by Crippen LogP contribution is 2.37. The molecular weight excluding hydrogens is 390 g/mol. The second-order valence-corrected chi connectivity index (χ2v) is 5.99. The van der Waals surface area contributed by atoms with E-state index in [0.717, 1.165) is 12.1 Å². The van der Waals surface area contributed by atoms with Crippen LogP contribution >= 0.6 is 39.1 Å². The molecule has 0 aliphatic carbocycles. The molecule has 0 bridgehead atoms. The molecule has 0 aromatic heterocycles. The first-order valence-corrected chi connectivity index (χ1v) is 7.33. The van der Waals surface area contributed by atoms with Crippen LogP contribution in [0.5, 0.6) is 0 Å². The van der Waals surface area contributed by atoms with Crippen LogP contribution in [-0.2, 0) is 6.18 Å². The summed E-state index contributed by atoms with van der Waals surface area (Å²) in [6.07, 6.45) is -4.44. The van der Waals surface area contributed by atoms with Gasteiger partial charge in [0.2, 0.25) is 0 Å². The Morgan fingerprint density at radius 3 is 2.33 bits per heavy atom. The molecule has 0 aliphatic rings. The summed E-state index contributed by atoms with van der Waals surface area (Å²) in [5, 5.41) is 0.531. The highest BCUT2D eigenvalue weighted by molar-refractivity contribution is 9.10. The molecule has 2 aromatic rings. The van der Waals surface area contributed by atoms with E-state index >= 15 is 0 Å².